The molecule has 0 radical (unpaired) electrons. The van der Waals surface area contributed by atoms with Crippen molar-refractivity contribution in [3.05, 3.63) is 89.5 Å². The Morgan fingerprint density at radius 1 is 1.20 bits per heavy atom. The molecule has 0 spiro atoms. The van der Waals surface area contributed by atoms with Crippen molar-refractivity contribution in [2.45, 2.75) is 42.7 Å². The zero-order valence-corrected chi connectivity index (χ0v) is 26.4. The first-order chi connectivity index (χ1) is 22.4. The topological polar surface area (TPSA) is 141 Å². The lowest BCUT2D eigenvalue weighted by atomic mass is 9.98. The van der Waals surface area contributed by atoms with E-state index in [1.165, 1.54) is 32.4 Å². The summed E-state index contributed by atoms with van der Waals surface area (Å²) in [7, 11) is -2.64. The second-order valence-electron chi connectivity index (χ2n) is 11.1. The summed E-state index contributed by atoms with van der Waals surface area (Å²) in [5.41, 5.74) is 2.25. The number of carbonyl (C=O) groups excluding carboxylic acids is 1. The number of thiophene rings is 1. The smallest absolute Gasteiger partial charge is 0.278 e. The number of anilines is 1. The fourth-order valence-corrected chi connectivity index (χ4v) is 8.88. The highest BCUT2D eigenvalue weighted by Crippen LogP contribution is 2.41. The van der Waals surface area contributed by atoms with Gasteiger partial charge in [-0.1, -0.05) is 18.9 Å². The van der Waals surface area contributed by atoms with Crippen LogP contribution in [-0.2, 0) is 26.3 Å². The summed E-state index contributed by atoms with van der Waals surface area (Å²) in [6.45, 7) is 7.80. The molecular formula is C31H29N9O4S2. The summed E-state index contributed by atoms with van der Waals surface area (Å²) >= 11 is 1.06. The van der Waals surface area contributed by atoms with Crippen LogP contribution in [0.3, 0.4) is 0 Å². The summed E-state index contributed by atoms with van der Waals surface area (Å²) in [6.07, 6.45) is 13.1. The van der Waals surface area contributed by atoms with Gasteiger partial charge in [-0.2, -0.15) is 5.10 Å². The van der Waals surface area contributed by atoms with Gasteiger partial charge in [0, 0.05) is 36.6 Å². The van der Waals surface area contributed by atoms with E-state index in [0.717, 1.165) is 39.4 Å². The summed E-state index contributed by atoms with van der Waals surface area (Å²) in [5, 5.41) is 9.74. The molecule has 1 fully saturated rings. The van der Waals surface area contributed by atoms with Crippen molar-refractivity contribution < 1.29 is 17.9 Å². The van der Waals surface area contributed by atoms with Gasteiger partial charge in [0.2, 0.25) is 6.54 Å². The lowest BCUT2D eigenvalue weighted by molar-refractivity contribution is -0.113. The van der Waals surface area contributed by atoms with Crippen LogP contribution in [-0.4, -0.2) is 61.5 Å². The predicted molar refractivity (Wildman–Crippen MR) is 171 cm³/mol. The summed E-state index contributed by atoms with van der Waals surface area (Å²) in [6, 6.07) is 8.58. The Kier molecular flexibility index (Phi) is 7.75. The van der Waals surface area contributed by atoms with E-state index in [1.807, 2.05) is 16.9 Å². The van der Waals surface area contributed by atoms with Gasteiger partial charge in [0.05, 0.1) is 17.5 Å². The van der Waals surface area contributed by atoms with Crippen molar-refractivity contribution in [1.82, 2.24) is 33.6 Å². The number of hydrogen-bond acceptors (Lipinski definition) is 9. The first kappa shape index (κ1) is 29.6. The average Bonchev–Trinajstić information content (AvgIpc) is 3.89. The predicted octanol–water partition coefficient (Wildman–Crippen LogP) is 5.02. The van der Waals surface area contributed by atoms with Gasteiger partial charge in [-0.25, -0.2) is 29.9 Å². The molecule has 1 amide bonds. The Bertz CT molecular complexity index is 2110. The minimum Gasteiger partial charge on any atom is -0.470 e. The fourth-order valence-electron chi connectivity index (χ4n) is 6.18. The molecule has 1 atom stereocenters. The Labute approximate surface area is 269 Å². The minimum absolute atomic E-state index is 0.0286. The Morgan fingerprint density at radius 3 is 2.83 bits per heavy atom. The van der Waals surface area contributed by atoms with Crippen LogP contribution in [0.15, 0.2) is 76.7 Å². The molecular weight excluding hydrogens is 627 g/mol. The van der Waals surface area contributed by atoms with Gasteiger partial charge in [-0.15, -0.1) is 11.3 Å². The van der Waals surface area contributed by atoms with Crippen LogP contribution in [0.1, 0.15) is 37.3 Å². The zero-order chi connectivity index (χ0) is 31.8. The highest BCUT2D eigenvalue weighted by atomic mass is 32.2. The number of likely N-dealkylation sites (N-methyl/N-ethyl adjacent to an activating group) is 1. The number of amides is 1. The maximum atomic E-state index is 13.5. The van der Waals surface area contributed by atoms with E-state index in [0.29, 0.717) is 29.4 Å². The molecule has 5 aromatic rings. The molecule has 7 rings (SSSR count). The lowest BCUT2D eigenvalue weighted by Gasteiger charge is -2.28. The molecule has 0 aromatic carbocycles. The van der Waals surface area contributed by atoms with Crippen LogP contribution in [0.25, 0.3) is 32.9 Å². The summed E-state index contributed by atoms with van der Waals surface area (Å²) < 4.78 is 37.6. The largest absolute Gasteiger partial charge is 0.470 e. The van der Waals surface area contributed by atoms with E-state index < -0.39 is 15.9 Å². The molecule has 2 aliphatic rings. The number of nitrogens with zero attached hydrogens (tertiary/aromatic N) is 8. The third-order valence-corrected chi connectivity index (χ3v) is 11.7. The summed E-state index contributed by atoms with van der Waals surface area (Å²) in [4.78, 5) is 30.4. The van der Waals surface area contributed by atoms with Crippen molar-refractivity contribution in [3.8, 4) is 11.3 Å². The van der Waals surface area contributed by atoms with Crippen molar-refractivity contribution >= 4 is 49.9 Å². The Balaban J connectivity index is 1.20. The molecule has 0 unspecified atom stereocenters. The fraction of sp³-hybridized carbons (Fsp3) is 0.290. The van der Waals surface area contributed by atoms with Crippen LogP contribution in [0.4, 0.5) is 5.82 Å². The van der Waals surface area contributed by atoms with Crippen molar-refractivity contribution in [3.63, 3.8) is 0 Å². The molecule has 13 nitrogen and oxygen atoms in total. The molecule has 5 aromatic heterocycles. The van der Waals surface area contributed by atoms with E-state index in [1.54, 1.807) is 46.6 Å². The van der Waals surface area contributed by atoms with Gasteiger partial charge in [0.25, 0.3) is 15.9 Å². The third kappa shape index (κ3) is 5.19. The van der Waals surface area contributed by atoms with E-state index in [-0.39, 0.29) is 34.3 Å². The Morgan fingerprint density at radius 2 is 2.04 bits per heavy atom. The quantitative estimate of drug-likeness (QED) is 0.218. The highest BCUT2D eigenvalue weighted by molar-refractivity contribution is 7.91. The number of pyridine rings is 1. The molecule has 1 N–H and O–H groups in total. The van der Waals surface area contributed by atoms with Crippen LogP contribution in [0.5, 0.6) is 0 Å². The first-order valence-corrected chi connectivity index (χ1v) is 17.0. The number of rotatable bonds is 9. The van der Waals surface area contributed by atoms with Gasteiger partial charge < -0.3 is 14.9 Å². The van der Waals surface area contributed by atoms with Gasteiger partial charge in [0.15, 0.2) is 22.4 Å². The van der Waals surface area contributed by atoms with Crippen LogP contribution < -0.4 is 5.32 Å². The summed E-state index contributed by atoms with van der Waals surface area (Å²) in [5.74, 6) is 0.157. The molecule has 234 valence electrons. The number of sulfonamides is 1. The van der Waals surface area contributed by atoms with Crippen molar-refractivity contribution in [1.29, 1.82) is 0 Å². The molecule has 1 aliphatic heterocycles. The van der Waals surface area contributed by atoms with E-state index in [4.69, 9.17) is 11.3 Å². The number of ether oxygens (including phenoxy) is 1. The number of fused-ring (bicyclic) bond motifs is 2. The van der Waals surface area contributed by atoms with Gasteiger partial charge in [-0.05, 0) is 48.4 Å². The molecule has 15 heteroatoms. The zero-order valence-electron chi connectivity index (χ0n) is 24.8. The highest BCUT2D eigenvalue weighted by Gasteiger charge is 2.40. The maximum absolute atomic E-state index is 13.5. The molecule has 1 aliphatic carbocycles. The first-order valence-electron chi connectivity index (χ1n) is 14.7. The van der Waals surface area contributed by atoms with Crippen LogP contribution >= 0.6 is 11.3 Å². The second-order valence-corrected chi connectivity index (χ2v) is 14.2. The average molecular weight is 656 g/mol. The number of nitrogens with one attached hydrogen (secondary N) is 1. The standard InChI is InChI=1S/C31H29N9O4S2/c1-32-16-24(20-7-3-4-8-20)40-17-21(15-36-40)26-22-10-13-39(29(22)35-18-34-26)19-44-28-23-11-14-45-31(23)46(42,43)38(2)27(28)30(41)37-25-9-5-6-12-33-25/h5-6,9-15,17-18,20,24H,3-4,7-8,16,19H2,2H3,(H,33,37,41)/t24-/m1/s1. The minimum atomic E-state index is -3.97. The lowest BCUT2D eigenvalue weighted by Crippen LogP contribution is -2.37. The SMILES string of the molecule is [C-]#[N+]C[C@H](C1CCCC1)n1cc(-c2ncnc3c2ccn3COC2=C(C(=O)Nc3ccccn3)N(C)S(=O)(=O)c3sccc32)cn1. The molecule has 1 saturated carbocycles. The second kappa shape index (κ2) is 12.0. The molecule has 46 heavy (non-hydrogen) atoms. The maximum Gasteiger partial charge on any atom is 0.278 e. The van der Waals surface area contributed by atoms with E-state index >= 15 is 0 Å². The van der Waals surface area contributed by atoms with Crippen molar-refractivity contribution in [2.75, 3.05) is 18.9 Å². The third-order valence-electron chi connectivity index (χ3n) is 8.46. The normalized spacial score (nSPS) is 16.7. The molecule has 0 saturated heterocycles. The van der Waals surface area contributed by atoms with E-state index in [9.17, 15) is 13.2 Å². The van der Waals surface area contributed by atoms with Crippen molar-refractivity contribution in [2.24, 2.45) is 5.92 Å². The monoisotopic (exact) mass is 655 g/mol. The number of hydrogen-bond donors (Lipinski definition) is 1. The van der Waals surface area contributed by atoms with E-state index in [2.05, 4.69) is 30.2 Å². The molecule has 6 heterocycles. The van der Waals surface area contributed by atoms with Crippen LogP contribution in [0, 0.1) is 12.5 Å². The van der Waals surface area contributed by atoms with Gasteiger partial charge >= 0.3 is 0 Å². The van der Waals surface area contributed by atoms with Gasteiger partial charge in [0.1, 0.15) is 23.8 Å². The molecule has 0 bridgehead atoms. The van der Waals surface area contributed by atoms with Gasteiger partial charge in [-0.3, -0.25) is 18.3 Å². The van der Waals surface area contributed by atoms with Crippen LogP contribution in [0.2, 0.25) is 0 Å². The number of aromatic nitrogens is 6. The Hall–Kier alpha value is -5.07. The number of carbonyl (C=O) groups is 1.